The Bertz CT molecular complexity index is 975. The first-order valence-corrected chi connectivity index (χ1v) is 9.27. The summed E-state index contributed by atoms with van der Waals surface area (Å²) in [7, 11) is 0. The Morgan fingerprint density at radius 3 is 1.53 bits per heavy atom. The van der Waals surface area contributed by atoms with Crippen LogP contribution in [0.25, 0.3) is 9.69 Å². The molecule has 0 atom stereocenters. The van der Waals surface area contributed by atoms with Crippen molar-refractivity contribution in [3.05, 3.63) is 70.7 Å². The third-order valence-corrected chi connectivity index (χ3v) is 3.40. The van der Waals surface area contributed by atoms with Crippen LogP contribution in [0.5, 0.6) is 0 Å². The second-order valence-corrected chi connectivity index (χ2v) is 5.75. The molecule has 0 aromatic carbocycles. The molecule has 170 valence electrons. The van der Waals surface area contributed by atoms with E-state index < -0.39 is 11.9 Å². The van der Waals surface area contributed by atoms with Crippen LogP contribution in [0.3, 0.4) is 0 Å². The first-order valence-electron chi connectivity index (χ1n) is 9.27. The molecule has 0 aliphatic carbocycles. The van der Waals surface area contributed by atoms with E-state index in [2.05, 4.69) is 9.69 Å². The number of nitrogens with zero attached hydrogens (tertiary/aromatic N) is 8. The van der Waals surface area contributed by atoms with Gasteiger partial charge in [-0.15, -0.1) is 0 Å². The van der Waals surface area contributed by atoms with Gasteiger partial charge in [0.05, 0.1) is 12.1 Å². The summed E-state index contributed by atoms with van der Waals surface area (Å²) in [5.74, 6) is -1.95. The van der Waals surface area contributed by atoms with E-state index in [1.165, 1.54) is 34.4 Å². The van der Waals surface area contributed by atoms with E-state index in [0.717, 1.165) is 12.2 Å². The van der Waals surface area contributed by atoms with Gasteiger partial charge < -0.3 is 14.4 Å². The molecule has 0 aromatic heterocycles. The number of esters is 2. The average molecular weight is 458 g/mol. The van der Waals surface area contributed by atoms with Crippen LogP contribution in [0.1, 0.15) is 0 Å². The van der Waals surface area contributed by atoms with E-state index in [1.54, 1.807) is 12.1 Å². The van der Waals surface area contributed by atoms with Gasteiger partial charge in [-0.3, -0.25) is 9.69 Å². The van der Waals surface area contributed by atoms with Crippen LogP contribution < -0.4 is 0 Å². The van der Waals surface area contributed by atoms with Gasteiger partial charge in [0.15, 0.2) is 0 Å². The van der Waals surface area contributed by atoms with Crippen molar-refractivity contribution < 1.29 is 19.1 Å². The second kappa shape index (κ2) is 18.2. The first kappa shape index (κ1) is 28.4. The highest BCUT2D eigenvalue weighted by molar-refractivity contribution is 5.93. The van der Waals surface area contributed by atoms with Gasteiger partial charge in [-0.25, -0.2) is 27.6 Å². The molecule has 0 fully saturated rings. The minimum Gasteiger partial charge on any atom is -0.458 e. The molecule has 0 spiro atoms. The summed E-state index contributed by atoms with van der Waals surface area (Å²) < 4.78 is 9.68. The predicted octanol–water partition coefficient (Wildman–Crippen LogP) is 1.40. The van der Waals surface area contributed by atoms with Gasteiger partial charge in [-0.1, -0.05) is 0 Å². The molecule has 0 unspecified atom stereocenters. The molecule has 34 heavy (non-hydrogen) atoms. The van der Waals surface area contributed by atoms with Gasteiger partial charge in [0.2, 0.25) is 0 Å². The minimum atomic E-state index is -0.978. The summed E-state index contributed by atoms with van der Waals surface area (Å²) in [4.78, 5) is 32.9. The largest absolute Gasteiger partial charge is 0.458 e. The zero-order chi connectivity index (χ0) is 25.6. The fourth-order valence-electron chi connectivity index (χ4n) is 1.91. The third kappa shape index (κ3) is 12.2. The molecule has 12 nitrogen and oxygen atoms in total. The molecule has 0 aliphatic rings. The number of carbonyl (C=O) groups excluding carboxylic acids is 2. The molecular weight excluding hydrogens is 440 g/mol. The van der Waals surface area contributed by atoms with Crippen molar-refractivity contribution in [1.29, 1.82) is 21.0 Å². The summed E-state index contributed by atoms with van der Waals surface area (Å²) >= 11 is 0. The molecular formula is C22H18N8O4. The van der Waals surface area contributed by atoms with Crippen molar-refractivity contribution in [2.45, 2.75) is 0 Å². The van der Waals surface area contributed by atoms with Gasteiger partial charge in [-0.05, 0) is 24.3 Å². The lowest BCUT2D eigenvalue weighted by atomic mass is 10.2. The Morgan fingerprint density at radius 1 is 0.765 bits per heavy atom. The number of ether oxygens (including phenoxy) is 2. The van der Waals surface area contributed by atoms with E-state index in [0.29, 0.717) is 0 Å². The fraction of sp³-hybridized carbons (Fsp3) is 0.273. The van der Waals surface area contributed by atoms with Gasteiger partial charge in [0, 0.05) is 12.4 Å². The quantitative estimate of drug-likeness (QED) is 0.0749. The Kier molecular flexibility index (Phi) is 15.2. The molecule has 12 heteroatoms. The summed E-state index contributed by atoms with van der Waals surface area (Å²) in [6.45, 7) is 12.6. The second-order valence-electron chi connectivity index (χ2n) is 5.75. The number of allylic oxidation sites excluding steroid dienone is 4. The fourth-order valence-corrected chi connectivity index (χ4v) is 1.91. The van der Waals surface area contributed by atoms with Gasteiger partial charge in [0.25, 0.3) is 13.3 Å². The van der Waals surface area contributed by atoms with Gasteiger partial charge in [-0.2, -0.15) is 21.0 Å². The molecule has 0 aromatic rings. The molecule has 0 saturated carbocycles. The highest BCUT2D eigenvalue weighted by atomic mass is 16.6. The van der Waals surface area contributed by atoms with Crippen molar-refractivity contribution in [2.75, 3.05) is 39.6 Å². The SMILES string of the molecule is [C-]#[N+]CN(C=CC=C(C#N)C(=O)OCCOC(=O)C(C#N)=CC=CN(CC#N)CC#N)C[N+]#[C-]. The zero-order valence-corrected chi connectivity index (χ0v) is 17.9. The van der Waals surface area contributed by atoms with Crippen molar-refractivity contribution in [3.8, 4) is 24.3 Å². The zero-order valence-electron chi connectivity index (χ0n) is 17.9. The number of hydrogen-bond acceptors (Lipinski definition) is 10. The number of nitriles is 4. The van der Waals surface area contributed by atoms with Gasteiger partial charge >= 0.3 is 11.9 Å². The van der Waals surface area contributed by atoms with Crippen molar-refractivity contribution in [2.24, 2.45) is 0 Å². The molecule has 0 rings (SSSR count). The lowest BCUT2D eigenvalue weighted by molar-refractivity contribution is -0.146. The van der Waals surface area contributed by atoms with Crippen molar-refractivity contribution >= 4 is 11.9 Å². The molecule has 0 saturated heterocycles. The maximum Gasteiger partial charge on any atom is 0.349 e. The maximum atomic E-state index is 11.9. The Morgan fingerprint density at radius 2 is 1.18 bits per heavy atom. The van der Waals surface area contributed by atoms with Crippen LogP contribution >= 0.6 is 0 Å². The van der Waals surface area contributed by atoms with Gasteiger partial charge in [0.1, 0.15) is 49.6 Å². The monoisotopic (exact) mass is 458 g/mol. The highest BCUT2D eigenvalue weighted by Gasteiger charge is 2.12. The van der Waals surface area contributed by atoms with E-state index in [4.69, 9.17) is 43.7 Å². The lowest BCUT2D eigenvalue weighted by Crippen LogP contribution is -2.17. The smallest absolute Gasteiger partial charge is 0.349 e. The first-order chi connectivity index (χ1) is 16.5. The Labute approximate surface area is 196 Å². The highest BCUT2D eigenvalue weighted by Crippen LogP contribution is 2.01. The van der Waals surface area contributed by atoms with Crippen molar-refractivity contribution in [3.63, 3.8) is 0 Å². The van der Waals surface area contributed by atoms with E-state index in [-0.39, 0.29) is 50.8 Å². The maximum absolute atomic E-state index is 11.9. The third-order valence-electron chi connectivity index (χ3n) is 3.40. The number of hydrogen-bond donors (Lipinski definition) is 0. The summed E-state index contributed by atoms with van der Waals surface area (Å²) in [5, 5.41) is 35.5. The van der Waals surface area contributed by atoms with E-state index in [9.17, 15) is 9.59 Å². The van der Waals surface area contributed by atoms with Crippen LogP contribution in [0.2, 0.25) is 0 Å². The van der Waals surface area contributed by atoms with E-state index >= 15 is 0 Å². The average Bonchev–Trinajstić information content (AvgIpc) is 2.82. The Hall–Kier alpha value is -5.56. The van der Waals surface area contributed by atoms with Crippen LogP contribution in [-0.4, -0.2) is 61.4 Å². The number of carbonyl (C=O) groups is 2. The van der Waals surface area contributed by atoms with Crippen LogP contribution in [0.4, 0.5) is 0 Å². The molecule has 0 bridgehead atoms. The van der Waals surface area contributed by atoms with Crippen molar-refractivity contribution in [1.82, 2.24) is 9.80 Å². The topological polar surface area (TPSA) is 163 Å². The Balaban J connectivity index is 4.78. The molecule has 0 heterocycles. The minimum absolute atomic E-state index is 0.0508. The lowest BCUT2D eigenvalue weighted by Gasteiger charge is -2.10. The predicted molar refractivity (Wildman–Crippen MR) is 115 cm³/mol. The van der Waals surface area contributed by atoms with Crippen LogP contribution in [0, 0.1) is 58.5 Å². The summed E-state index contributed by atoms with van der Waals surface area (Å²) in [6, 6.07) is 7.02. The molecule has 0 N–H and O–H groups in total. The molecule has 0 aliphatic heterocycles. The summed E-state index contributed by atoms with van der Waals surface area (Å²) in [5.41, 5.74) is -0.710. The molecule has 0 amide bonds. The normalized spacial score (nSPS) is 10.6. The van der Waals surface area contributed by atoms with E-state index in [1.807, 2.05) is 12.1 Å². The summed E-state index contributed by atoms with van der Waals surface area (Å²) in [6.07, 6.45) is 7.67. The number of rotatable bonds is 13. The standard InChI is InChI=1S/C22H18N8O4/c1-27-17-30(18-28-2)10-4-6-20(16-26)22(32)34-14-13-33-21(31)19(15-25)5-3-9-29(11-7-23)12-8-24/h3-6,9-10H,11-14,17-18H2. The molecule has 0 radical (unpaired) electrons. The van der Waals surface area contributed by atoms with Crippen LogP contribution in [0.15, 0.2) is 47.9 Å². The van der Waals surface area contributed by atoms with Crippen LogP contribution in [-0.2, 0) is 19.1 Å².